The molecule has 3 N–H and O–H groups in total. The lowest BCUT2D eigenvalue weighted by molar-refractivity contribution is 0.545. The second-order valence-corrected chi connectivity index (χ2v) is 5.22. The summed E-state index contributed by atoms with van der Waals surface area (Å²) in [5.41, 5.74) is 5.76. The minimum Gasteiger partial charge on any atom is -0.271 e. The van der Waals surface area contributed by atoms with Crippen molar-refractivity contribution in [2.45, 2.75) is 12.5 Å². The van der Waals surface area contributed by atoms with Crippen LogP contribution in [0.25, 0.3) is 10.9 Å². The van der Waals surface area contributed by atoms with Crippen molar-refractivity contribution in [2.24, 2.45) is 5.84 Å². The molecule has 0 saturated heterocycles. The van der Waals surface area contributed by atoms with Crippen molar-refractivity contribution in [1.82, 2.24) is 15.4 Å². The molecule has 0 amide bonds. The summed E-state index contributed by atoms with van der Waals surface area (Å²) in [6.07, 6.45) is 2.42. The Bertz CT molecular complexity index is 743. The number of fused-ring (bicyclic) bond motifs is 1. The van der Waals surface area contributed by atoms with Gasteiger partial charge in [-0.05, 0) is 23.8 Å². The molecule has 0 aliphatic heterocycles. The zero-order valence-electron chi connectivity index (χ0n) is 11.3. The van der Waals surface area contributed by atoms with E-state index in [1.165, 1.54) is 0 Å². The summed E-state index contributed by atoms with van der Waals surface area (Å²) < 4.78 is 0. The summed E-state index contributed by atoms with van der Waals surface area (Å²) in [6.45, 7) is 0. The molecule has 0 aliphatic rings. The molecule has 2 aromatic heterocycles. The highest BCUT2D eigenvalue weighted by Gasteiger charge is 2.12. The number of hydrazine groups is 1. The van der Waals surface area contributed by atoms with Gasteiger partial charge in [0.05, 0.1) is 11.6 Å². The van der Waals surface area contributed by atoms with Gasteiger partial charge in [0, 0.05) is 23.7 Å². The SMILES string of the molecule is NNC(Cc1ccc2ccccc2n1)c1ccc(Cl)nc1. The van der Waals surface area contributed by atoms with E-state index in [1.807, 2.05) is 36.4 Å². The van der Waals surface area contributed by atoms with Crippen molar-refractivity contribution >= 4 is 22.5 Å². The topological polar surface area (TPSA) is 63.8 Å². The van der Waals surface area contributed by atoms with Crippen LogP contribution in [0.2, 0.25) is 5.15 Å². The lowest BCUT2D eigenvalue weighted by Gasteiger charge is -2.15. The number of aromatic nitrogens is 2. The number of para-hydroxylation sites is 1. The molecule has 0 saturated carbocycles. The quantitative estimate of drug-likeness (QED) is 0.441. The van der Waals surface area contributed by atoms with Gasteiger partial charge in [-0.15, -0.1) is 0 Å². The molecule has 5 heteroatoms. The van der Waals surface area contributed by atoms with Crippen molar-refractivity contribution in [3.63, 3.8) is 0 Å². The van der Waals surface area contributed by atoms with Crippen LogP contribution < -0.4 is 11.3 Å². The number of nitrogens with zero attached hydrogens (tertiary/aromatic N) is 2. The molecule has 1 aromatic carbocycles. The fourth-order valence-corrected chi connectivity index (χ4v) is 2.41. The molecule has 4 nitrogen and oxygen atoms in total. The van der Waals surface area contributed by atoms with Crippen LogP contribution in [0.15, 0.2) is 54.7 Å². The zero-order chi connectivity index (χ0) is 14.7. The van der Waals surface area contributed by atoms with Crippen molar-refractivity contribution in [3.05, 3.63) is 71.1 Å². The number of hydrogen-bond donors (Lipinski definition) is 2. The van der Waals surface area contributed by atoms with E-state index >= 15 is 0 Å². The Morgan fingerprint density at radius 3 is 2.71 bits per heavy atom. The number of halogens is 1. The zero-order valence-corrected chi connectivity index (χ0v) is 12.1. The summed E-state index contributed by atoms with van der Waals surface area (Å²) >= 11 is 5.81. The van der Waals surface area contributed by atoms with Gasteiger partial charge >= 0.3 is 0 Å². The van der Waals surface area contributed by atoms with Crippen LogP contribution in [-0.4, -0.2) is 9.97 Å². The highest BCUT2D eigenvalue weighted by atomic mass is 35.5. The van der Waals surface area contributed by atoms with Gasteiger partial charge in [0.25, 0.3) is 0 Å². The monoisotopic (exact) mass is 298 g/mol. The summed E-state index contributed by atoms with van der Waals surface area (Å²) in [4.78, 5) is 8.75. The van der Waals surface area contributed by atoms with Crippen LogP contribution in [-0.2, 0) is 6.42 Å². The predicted octanol–water partition coefficient (Wildman–Crippen LogP) is 3.03. The van der Waals surface area contributed by atoms with Crippen LogP contribution in [0.5, 0.6) is 0 Å². The normalized spacial score (nSPS) is 12.5. The Labute approximate surface area is 128 Å². The van der Waals surface area contributed by atoms with Gasteiger partial charge in [-0.1, -0.05) is 41.9 Å². The average molecular weight is 299 g/mol. The van der Waals surface area contributed by atoms with Gasteiger partial charge in [-0.2, -0.15) is 0 Å². The molecule has 3 aromatic rings. The largest absolute Gasteiger partial charge is 0.271 e. The first-order chi connectivity index (χ1) is 10.3. The van der Waals surface area contributed by atoms with E-state index in [0.29, 0.717) is 11.6 Å². The first kappa shape index (κ1) is 13.9. The van der Waals surface area contributed by atoms with E-state index in [4.69, 9.17) is 17.4 Å². The smallest absolute Gasteiger partial charge is 0.129 e. The second-order valence-electron chi connectivity index (χ2n) is 4.83. The average Bonchev–Trinajstić information content (AvgIpc) is 2.53. The molecular formula is C16H15ClN4. The van der Waals surface area contributed by atoms with E-state index in [-0.39, 0.29) is 6.04 Å². The minimum absolute atomic E-state index is 0.0524. The molecule has 1 unspecified atom stereocenters. The van der Waals surface area contributed by atoms with Crippen molar-refractivity contribution in [2.75, 3.05) is 0 Å². The molecule has 3 rings (SSSR count). The van der Waals surface area contributed by atoms with Gasteiger partial charge in [0.1, 0.15) is 5.15 Å². The lowest BCUT2D eigenvalue weighted by Crippen LogP contribution is -2.29. The van der Waals surface area contributed by atoms with E-state index in [9.17, 15) is 0 Å². The Morgan fingerprint density at radius 2 is 1.95 bits per heavy atom. The van der Waals surface area contributed by atoms with Crippen LogP contribution in [0.1, 0.15) is 17.3 Å². The summed E-state index contributed by atoms with van der Waals surface area (Å²) in [6, 6.07) is 15.8. The minimum atomic E-state index is -0.0524. The third-order valence-corrected chi connectivity index (χ3v) is 3.65. The molecule has 0 aliphatic carbocycles. The first-order valence-corrected chi connectivity index (χ1v) is 7.06. The van der Waals surface area contributed by atoms with Crippen LogP contribution in [0.3, 0.4) is 0 Å². The molecule has 106 valence electrons. The maximum atomic E-state index is 5.81. The number of rotatable bonds is 4. The van der Waals surface area contributed by atoms with Crippen LogP contribution in [0, 0.1) is 0 Å². The molecular weight excluding hydrogens is 284 g/mol. The Balaban J connectivity index is 1.86. The lowest BCUT2D eigenvalue weighted by atomic mass is 10.0. The Kier molecular flexibility index (Phi) is 4.10. The van der Waals surface area contributed by atoms with Crippen molar-refractivity contribution in [3.8, 4) is 0 Å². The molecule has 21 heavy (non-hydrogen) atoms. The third-order valence-electron chi connectivity index (χ3n) is 3.42. The van der Waals surface area contributed by atoms with Gasteiger partial charge in [-0.25, -0.2) is 4.98 Å². The number of benzene rings is 1. The van der Waals surface area contributed by atoms with E-state index in [2.05, 4.69) is 21.5 Å². The maximum absolute atomic E-state index is 5.81. The summed E-state index contributed by atoms with van der Waals surface area (Å²) in [7, 11) is 0. The van der Waals surface area contributed by atoms with Gasteiger partial charge in [0.15, 0.2) is 0 Å². The molecule has 0 bridgehead atoms. The maximum Gasteiger partial charge on any atom is 0.129 e. The van der Waals surface area contributed by atoms with E-state index in [1.54, 1.807) is 12.3 Å². The van der Waals surface area contributed by atoms with Crippen LogP contribution in [0.4, 0.5) is 0 Å². The Hall–Kier alpha value is -2.01. The van der Waals surface area contributed by atoms with Crippen molar-refractivity contribution < 1.29 is 0 Å². The van der Waals surface area contributed by atoms with Crippen LogP contribution >= 0.6 is 11.6 Å². The highest BCUT2D eigenvalue weighted by molar-refractivity contribution is 6.29. The van der Waals surface area contributed by atoms with E-state index < -0.39 is 0 Å². The van der Waals surface area contributed by atoms with Gasteiger partial charge in [0.2, 0.25) is 0 Å². The highest BCUT2D eigenvalue weighted by Crippen LogP contribution is 2.19. The van der Waals surface area contributed by atoms with E-state index in [0.717, 1.165) is 22.2 Å². The molecule has 0 fully saturated rings. The number of nitrogens with two attached hydrogens (primary N) is 1. The second kappa shape index (κ2) is 6.18. The van der Waals surface area contributed by atoms with Gasteiger partial charge in [-0.3, -0.25) is 16.3 Å². The first-order valence-electron chi connectivity index (χ1n) is 6.68. The molecule has 0 spiro atoms. The van der Waals surface area contributed by atoms with Crippen molar-refractivity contribution in [1.29, 1.82) is 0 Å². The molecule has 2 heterocycles. The Morgan fingerprint density at radius 1 is 1.10 bits per heavy atom. The summed E-state index contributed by atoms with van der Waals surface area (Å²) in [5.74, 6) is 5.66. The number of pyridine rings is 2. The predicted molar refractivity (Wildman–Crippen MR) is 84.8 cm³/mol. The van der Waals surface area contributed by atoms with Gasteiger partial charge < -0.3 is 0 Å². The fraction of sp³-hybridized carbons (Fsp3) is 0.125. The number of hydrogen-bond acceptors (Lipinski definition) is 4. The summed E-state index contributed by atoms with van der Waals surface area (Å²) in [5, 5.41) is 1.60. The number of nitrogens with one attached hydrogen (secondary N) is 1. The fourth-order valence-electron chi connectivity index (χ4n) is 2.30. The third kappa shape index (κ3) is 3.19. The standard InChI is InChI=1S/C16H15ClN4/c17-16-8-6-12(10-19-16)15(21-18)9-13-7-5-11-3-1-2-4-14(11)20-13/h1-8,10,15,21H,9,18H2. The molecule has 0 radical (unpaired) electrons. The molecule has 1 atom stereocenters.